The van der Waals surface area contributed by atoms with Gasteiger partial charge in [0.15, 0.2) is 0 Å². The summed E-state index contributed by atoms with van der Waals surface area (Å²) in [6.07, 6.45) is 2.04. The number of para-hydroxylation sites is 1. The number of aromatic amines is 1. The number of carbonyl (C=O) groups is 1. The Morgan fingerprint density at radius 1 is 1.11 bits per heavy atom. The van der Waals surface area contributed by atoms with Crippen molar-refractivity contribution in [2.24, 2.45) is 0 Å². The zero-order chi connectivity index (χ0) is 18.6. The maximum atomic E-state index is 12.4. The lowest BCUT2D eigenvalue weighted by Crippen LogP contribution is -2.28. The summed E-state index contributed by atoms with van der Waals surface area (Å²) in [5.41, 5.74) is 3.39. The van der Waals surface area contributed by atoms with Gasteiger partial charge in [-0.3, -0.25) is 4.79 Å². The molecule has 136 valence electrons. The third kappa shape index (κ3) is 3.59. The molecule has 0 aliphatic carbocycles. The Morgan fingerprint density at radius 3 is 2.67 bits per heavy atom. The van der Waals surface area contributed by atoms with Gasteiger partial charge in [-0.05, 0) is 40.8 Å². The Balaban J connectivity index is 1.67. The molecule has 0 saturated carbocycles. The number of hydrogen-bond acceptors (Lipinski definition) is 3. The molecule has 0 fully saturated rings. The molecule has 0 radical (unpaired) electrons. The second-order valence-electron chi connectivity index (χ2n) is 6.30. The van der Waals surface area contributed by atoms with E-state index in [0.717, 1.165) is 21.7 Å². The van der Waals surface area contributed by atoms with Crippen LogP contribution in [0.2, 0.25) is 0 Å². The molecule has 2 aromatic heterocycles. The van der Waals surface area contributed by atoms with Gasteiger partial charge in [0, 0.05) is 29.6 Å². The molecule has 0 aliphatic heterocycles. The van der Waals surface area contributed by atoms with E-state index in [0.29, 0.717) is 6.54 Å². The van der Waals surface area contributed by atoms with Gasteiger partial charge < -0.3 is 15.0 Å². The maximum absolute atomic E-state index is 12.4. The van der Waals surface area contributed by atoms with Gasteiger partial charge >= 0.3 is 0 Å². The minimum absolute atomic E-state index is 0.0379. The topological polar surface area (TPSA) is 54.1 Å². The lowest BCUT2D eigenvalue weighted by Gasteiger charge is -2.18. The SMILES string of the molecule is COc1ccc(C(CNC(=O)c2cccs2)c2c[nH]c3ccccc23)cc1. The van der Waals surface area contributed by atoms with Crippen LogP contribution in [-0.2, 0) is 0 Å². The highest BCUT2D eigenvalue weighted by atomic mass is 32.1. The number of ether oxygens (including phenoxy) is 1. The normalized spacial score (nSPS) is 12.0. The Kier molecular flexibility index (Phi) is 4.94. The minimum Gasteiger partial charge on any atom is -0.497 e. The number of amides is 1. The molecular formula is C22H20N2O2S. The first-order valence-corrected chi connectivity index (χ1v) is 9.66. The third-order valence-corrected chi connectivity index (χ3v) is 5.60. The fourth-order valence-corrected chi connectivity index (χ4v) is 3.96. The van der Waals surface area contributed by atoms with Crippen LogP contribution >= 0.6 is 11.3 Å². The predicted molar refractivity (Wildman–Crippen MR) is 110 cm³/mol. The van der Waals surface area contributed by atoms with E-state index in [-0.39, 0.29) is 11.8 Å². The van der Waals surface area contributed by atoms with E-state index in [2.05, 4.69) is 34.6 Å². The van der Waals surface area contributed by atoms with Crippen molar-refractivity contribution in [1.29, 1.82) is 0 Å². The average Bonchev–Trinajstić information content (AvgIpc) is 3.39. The summed E-state index contributed by atoms with van der Waals surface area (Å²) < 4.78 is 5.28. The molecule has 4 aromatic rings. The highest BCUT2D eigenvalue weighted by Gasteiger charge is 2.19. The van der Waals surface area contributed by atoms with Crippen molar-refractivity contribution in [3.05, 3.63) is 88.2 Å². The van der Waals surface area contributed by atoms with Crippen molar-refractivity contribution in [3.63, 3.8) is 0 Å². The van der Waals surface area contributed by atoms with Crippen LogP contribution in [0.1, 0.15) is 26.7 Å². The van der Waals surface area contributed by atoms with Gasteiger partial charge in [0.05, 0.1) is 12.0 Å². The molecule has 4 rings (SSSR count). The van der Waals surface area contributed by atoms with Crippen LogP contribution in [0.15, 0.2) is 72.2 Å². The van der Waals surface area contributed by atoms with Crippen LogP contribution in [0.5, 0.6) is 5.75 Å². The van der Waals surface area contributed by atoms with Crippen molar-refractivity contribution in [3.8, 4) is 5.75 Å². The van der Waals surface area contributed by atoms with E-state index >= 15 is 0 Å². The fraction of sp³-hybridized carbons (Fsp3) is 0.136. The highest BCUT2D eigenvalue weighted by Crippen LogP contribution is 2.31. The van der Waals surface area contributed by atoms with E-state index in [9.17, 15) is 4.79 Å². The van der Waals surface area contributed by atoms with Crippen LogP contribution in [0.3, 0.4) is 0 Å². The summed E-state index contributed by atoms with van der Waals surface area (Å²) in [6, 6.07) is 20.0. The zero-order valence-electron chi connectivity index (χ0n) is 14.9. The van der Waals surface area contributed by atoms with E-state index in [1.54, 1.807) is 7.11 Å². The van der Waals surface area contributed by atoms with Gasteiger partial charge in [0.1, 0.15) is 5.75 Å². The van der Waals surface area contributed by atoms with Crippen molar-refractivity contribution in [2.75, 3.05) is 13.7 Å². The van der Waals surface area contributed by atoms with Gasteiger partial charge in [-0.25, -0.2) is 0 Å². The molecule has 4 nitrogen and oxygen atoms in total. The first-order chi connectivity index (χ1) is 13.3. The Bertz CT molecular complexity index is 1040. The number of H-pyrrole nitrogens is 1. The van der Waals surface area contributed by atoms with E-state index in [4.69, 9.17) is 4.74 Å². The number of nitrogens with one attached hydrogen (secondary N) is 2. The smallest absolute Gasteiger partial charge is 0.261 e. The van der Waals surface area contributed by atoms with E-state index in [1.165, 1.54) is 22.3 Å². The van der Waals surface area contributed by atoms with Gasteiger partial charge in [-0.15, -0.1) is 11.3 Å². The van der Waals surface area contributed by atoms with Crippen molar-refractivity contribution >= 4 is 28.1 Å². The second kappa shape index (κ2) is 7.68. The summed E-state index contributed by atoms with van der Waals surface area (Å²) in [5, 5.41) is 6.17. The quantitative estimate of drug-likeness (QED) is 0.508. The Hall–Kier alpha value is -3.05. The van der Waals surface area contributed by atoms with Gasteiger partial charge in [-0.1, -0.05) is 36.4 Å². The summed E-state index contributed by atoms with van der Waals surface area (Å²) in [4.78, 5) is 16.5. The number of benzene rings is 2. The van der Waals surface area contributed by atoms with Crippen molar-refractivity contribution in [1.82, 2.24) is 10.3 Å². The van der Waals surface area contributed by atoms with Crippen LogP contribution in [0, 0.1) is 0 Å². The average molecular weight is 376 g/mol. The first kappa shape index (κ1) is 17.4. The van der Waals surface area contributed by atoms with E-state index < -0.39 is 0 Å². The molecule has 0 aliphatic rings. The number of fused-ring (bicyclic) bond motifs is 1. The monoisotopic (exact) mass is 376 g/mol. The highest BCUT2D eigenvalue weighted by molar-refractivity contribution is 7.12. The van der Waals surface area contributed by atoms with Crippen LogP contribution < -0.4 is 10.1 Å². The number of thiophene rings is 1. The lowest BCUT2D eigenvalue weighted by atomic mass is 9.90. The lowest BCUT2D eigenvalue weighted by molar-refractivity contribution is 0.0956. The molecular weight excluding hydrogens is 356 g/mol. The van der Waals surface area contributed by atoms with Gasteiger partial charge in [-0.2, -0.15) is 0 Å². The second-order valence-corrected chi connectivity index (χ2v) is 7.25. The predicted octanol–water partition coefficient (Wildman–Crippen LogP) is 4.80. The Labute approximate surface area is 161 Å². The van der Waals surface area contributed by atoms with E-state index in [1.807, 2.05) is 48.0 Å². The van der Waals surface area contributed by atoms with Crippen molar-refractivity contribution < 1.29 is 9.53 Å². The van der Waals surface area contributed by atoms with Gasteiger partial charge in [0.2, 0.25) is 0 Å². The maximum Gasteiger partial charge on any atom is 0.261 e. The zero-order valence-corrected chi connectivity index (χ0v) is 15.8. The molecule has 1 atom stereocenters. The molecule has 0 spiro atoms. The fourth-order valence-electron chi connectivity index (χ4n) is 3.32. The molecule has 2 aromatic carbocycles. The minimum atomic E-state index is -0.0386. The summed E-state index contributed by atoms with van der Waals surface area (Å²) >= 11 is 1.45. The summed E-state index contributed by atoms with van der Waals surface area (Å²) in [7, 11) is 1.66. The number of methoxy groups -OCH3 is 1. The molecule has 0 bridgehead atoms. The largest absolute Gasteiger partial charge is 0.497 e. The number of rotatable bonds is 6. The van der Waals surface area contributed by atoms with Crippen LogP contribution in [-0.4, -0.2) is 24.5 Å². The van der Waals surface area contributed by atoms with Crippen LogP contribution in [0.25, 0.3) is 10.9 Å². The molecule has 1 unspecified atom stereocenters. The first-order valence-electron chi connectivity index (χ1n) is 8.78. The number of hydrogen-bond donors (Lipinski definition) is 2. The molecule has 2 heterocycles. The number of aromatic nitrogens is 1. The van der Waals surface area contributed by atoms with Crippen molar-refractivity contribution in [2.45, 2.75) is 5.92 Å². The molecule has 0 saturated heterocycles. The molecule has 5 heteroatoms. The summed E-state index contributed by atoms with van der Waals surface area (Å²) in [6.45, 7) is 0.519. The van der Waals surface area contributed by atoms with Gasteiger partial charge in [0.25, 0.3) is 5.91 Å². The molecule has 2 N–H and O–H groups in total. The molecule has 27 heavy (non-hydrogen) atoms. The molecule has 1 amide bonds. The number of carbonyl (C=O) groups excluding carboxylic acids is 1. The Morgan fingerprint density at radius 2 is 1.93 bits per heavy atom. The summed E-state index contributed by atoms with van der Waals surface area (Å²) in [5.74, 6) is 0.818. The third-order valence-electron chi connectivity index (χ3n) is 4.73. The standard InChI is InChI=1S/C22H20N2O2S/c1-26-16-10-8-15(9-11-16)18(13-24-22(25)21-7-4-12-27-21)19-14-23-20-6-3-2-5-17(19)20/h2-12,14,18,23H,13H2,1H3,(H,24,25). The van der Waals surface area contributed by atoms with Crippen LogP contribution in [0.4, 0.5) is 0 Å².